The number of aliphatic hydroxyl groups is 1. The molecule has 1 rings (SSSR count). The van der Waals surface area contributed by atoms with Crippen LogP contribution in [0.15, 0.2) is 36.4 Å². The summed E-state index contributed by atoms with van der Waals surface area (Å²) in [7, 11) is 0. The van der Waals surface area contributed by atoms with Gasteiger partial charge in [0.2, 0.25) is 0 Å². The minimum absolute atomic E-state index is 0.787. The van der Waals surface area contributed by atoms with Crippen LogP contribution in [-0.2, 0) is 0 Å². The van der Waals surface area contributed by atoms with Gasteiger partial charge in [-0.05, 0) is 11.6 Å². The average Bonchev–Trinajstić information content (AvgIpc) is 2.16. The Morgan fingerprint density at radius 3 is 2.58 bits per heavy atom. The highest BCUT2D eigenvalue weighted by atomic mass is 16.3. The van der Waals surface area contributed by atoms with Gasteiger partial charge in [-0.1, -0.05) is 42.3 Å². The second-order valence-corrected chi connectivity index (χ2v) is 2.38. The molecule has 0 aliphatic heterocycles. The molecule has 1 atom stereocenters. The molecule has 0 radical (unpaired) electrons. The van der Waals surface area contributed by atoms with E-state index in [-0.39, 0.29) is 0 Å². The van der Waals surface area contributed by atoms with Crippen LogP contribution in [0.2, 0.25) is 0 Å². The largest absolute Gasteiger partial charge is 0.377 e. The second kappa shape index (κ2) is 4.38. The fraction of sp³-hybridized carbons (Fsp3) is 0.0909. The smallest absolute Gasteiger partial charge is 0.133 e. The molecule has 1 nitrogen and oxygen atoms in total. The number of hydrogen-bond donors (Lipinski definition) is 1. The van der Waals surface area contributed by atoms with Gasteiger partial charge in [-0.2, -0.15) is 0 Å². The van der Waals surface area contributed by atoms with E-state index in [1.165, 1.54) is 0 Å². The molecular formula is C11H10O. The van der Waals surface area contributed by atoms with E-state index >= 15 is 0 Å². The van der Waals surface area contributed by atoms with Crippen molar-refractivity contribution in [1.29, 1.82) is 0 Å². The van der Waals surface area contributed by atoms with E-state index in [1.54, 1.807) is 12.2 Å². The molecule has 0 amide bonds. The summed E-state index contributed by atoms with van der Waals surface area (Å²) >= 11 is 0. The molecule has 0 unspecified atom stereocenters. The number of terminal acetylenes is 1. The van der Waals surface area contributed by atoms with Gasteiger partial charge in [0.1, 0.15) is 6.10 Å². The second-order valence-electron chi connectivity index (χ2n) is 2.38. The normalized spacial score (nSPS) is 12.7. The lowest BCUT2D eigenvalue weighted by Crippen LogP contribution is -1.94. The van der Waals surface area contributed by atoms with Gasteiger partial charge in [0.15, 0.2) is 0 Å². The fourth-order valence-corrected chi connectivity index (χ4v) is 0.822. The van der Waals surface area contributed by atoms with Crippen molar-refractivity contribution in [3.05, 3.63) is 42.0 Å². The fourth-order valence-electron chi connectivity index (χ4n) is 0.822. The summed E-state index contributed by atoms with van der Waals surface area (Å²) in [6.45, 7) is 0. The molecule has 0 aliphatic carbocycles. The van der Waals surface area contributed by atoms with Crippen LogP contribution in [0.5, 0.6) is 0 Å². The SMILES string of the molecule is C#C[C@H](O)/C=C/c1ccccc1. The first kappa shape index (κ1) is 8.58. The van der Waals surface area contributed by atoms with Gasteiger partial charge >= 0.3 is 0 Å². The van der Waals surface area contributed by atoms with Crippen LogP contribution < -0.4 is 0 Å². The minimum atomic E-state index is -0.787. The van der Waals surface area contributed by atoms with Crippen LogP contribution in [0.1, 0.15) is 5.56 Å². The third kappa shape index (κ3) is 2.61. The van der Waals surface area contributed by atoms with Crippen molar-refractivity contribution in [3.8, 4) is 12.3 Å². The lowest BCUT2D eigenvalue weighted by Gasteiger charge is -1.93. The Kier molecular flexibility index (Phi) is 3.13. The predicted molar refractivity (Wildman–Crippen MR) is 50.3 cm³/mol. The van der Waals surface area contributed by atoms with Gasteiger partial charge in [-0.3, -0.25) is 0 Å². The van der Waals surface area contributed by atoms with E-state index < -0.39 is 6.10 Å². The predicted octanol–water partition coefficient (Wildman–Crippen LogP) is 1.69. The summed E-state index contributed by atoms with van der Waals surface area (Å²) in [6, 6.07) is 9.69. The summed E-state index contributed by atoms with van der Waals surface area (Å²) in [4.78, 5) is 0. The zero-order valence-electron chi connectivity index (χ0n) is 6.64. The minimum Gasteiger partial charge on any atom is -0.377 e. The monoisotopic (exact) mass is 158 g/mol. The first-order valence-corrected chi connectivity index (χ1v) is 3.70. The van der Waals surface area contributed by atoms with Crippen LogP contribution in [0.25, 0.3) is 6.08 Å². The molecule has 0 aliphatic rings. The lowest BCUT2D eigenvalue weighted by atomic mass is 10.2. The molecule has 60 valence electrons. The van der Waals surface area contributed by atoms with Gasteiger partial charge in [-0.15, -0.1) is 6.42 Å². The maximum absolute atomic E-state index is 9.00. The van der Waals surface area contributed by atoms with Crippen LogP contribution in [0.3, 0.4) is 0 Å². The van der Waals surface area contributed by atoms with Crippen LogP contribution in [0.4, 0.5) is 0 Å². The Balaban J connectivity index is 2.65. The van der Waals surface area contributed by atoms with E-state index in [0.717, 1.165) is 5.56 Å². The molecule has 0 saturated heterocycles. The first-order valence-electron chi connectivity index (χ1n) is 3.70. The Morgan fingerprint density at radius 1 is 1.33 bits per heavy atom. The van der Waals surface area contributed by atoms with E-state index in [1.807, 2.05) is 30.3 Å². The Bertz CT molecular complexity index is 293. The van der Waals surface area contributed by atoms with Gasteiger partial charge in [-0.25, -0.2) is 0 Å². The summed E-state index contributed by atoms with van der Waals surface area (Å²) in [5, 5.41) is 9.00. The maximum atomic E-state index is 9.00. The van der Waals surface area contributed by atoms with Gasteiger partial charge in [0, 0.05) is 0 Å². The molecule has 1 aromatic rings. The van der Waals surface area contributed by atoms with Crippen molar-refractivity contribution >= 4 is 6.08 Å². The Labute approximate surface area is 72.4 Å². The molecule has 12 heavy (non-hydrogen) atoms. The van der Waals surface area contributed by atoms with Crippen molar-refractivity contribution in [1.82, 2.24) is 0 Å². The summed E-state index contributed by atoms with van der Waals surface area (Å²) in [5.41, 5.74) is 1.03. The third-order valence-corrected chi connectivity index (χ3v) is 1.44. The number of rotatable bonds is 2. The Hall–Kier alpha value is -1.52. The van der Waals surface area contributed by atoms with Crippen LogP contribution >= 0.6 is 0 Å². The number of benzene rings is 1. The molecule has 0 bridgehead atoms. The molecule has 0 fully saturated rings. The summed E-state index contributed by atoms with van der Waals surface area (Å²) in [6.07, 6.45) is 7.57. The Morgan fingerprint density at radius 2 is 2.00 bits per heavy atom. The van der Waals surface area contributed by atoms with E-state index in [4.69, 9.17) is 11.5 Å². The highest BCUT2D eigenvalue weighted by Crippen LogP contribution is 2.01. The molecule has 0 spiro atoms. The van der Waals surface area contributed by atoms with Gasteiger partial charge in [0.25, 0.3) is 0 Å². The van der Waals surface area contributed by atoms with E-state index in [0.29, 0.717) is 0 Å². The summed E-state index contributed by atoms with van der Waals surface area (Å²) in [5.74, 6) is 2.20. The zero-order valence-corrected chi connectivity index (χ0v) is 6.64. The highest BCUT2D eigenvalue weighted by Gasteiger charge is 1.88. The van der Waals surface area contributed by atoms with Gasteiger partial charge < -0.3 is 5.11 Å². The van der Waals surface area contributed by atoms with Crippen LogP contribution in [0, 0.1) is 12.3 Å². The van der Waals surface area contributed by atoms with Crippen molar-refractivity contribution < 1.29 is 5.11 Å². The molecular weight excluding hydrogens is 148 g/mol. The van der Waals surface area contributed by atoms with Crippen molar-refractivity contribution in [2.45, 2.75) is 6.10 Å². The molecule has 0 aromatic heterocycles. The molecule has 1 heteroatoms. The van der Waals surface area contributed by atoms with Crippen LogP contribution in [-0.4, -0.2) is 11.2 Å². The average molecular weight is 158 g/mol. The number of hydrogen-bond acceptors (Lipinski definition) is 1. The van der Waals surface area contributed by atoms with Crippen molar-refractivity contribution in [3.63, 3.8) is 0 Å². The van der Waals surface area contributed by atoms with E-state index in [2.05, 4.69) is 5.92 Å². The molecule has 1 aromatic carbocycles. The lowest BCUT2D eigenvalue weighted by molar-refractivity contribution is 0.282. The molecule has 1 N–H and O–H groups in total. The maximum Gasteiger partial charge on any atom is 0.133 e. The zero-order chi connectivity index (χ0) is 8.81. The molecule has 0 heterocycles. The first-order chi connectivity index (χ1) is 5.83. The van der Waals surface area contributed by atoms with Gasteiger partial charge in [0.05, 0.1) is 0 Å². The van der Waals surface area contributed by atoms with E-state index in [9.17, 15) is 0 Å². The number of aliphatic hydroxyl groups excluding tert-OH is 1. The topological polar surface area (TPSA) is 20.2 Å². The van der Waals surface area contributed by atoms with Crippen molar-refractivity contribution in [2.75, 3.05) is 0 Å². The quantitative estimate of drug-likeness (QED) is 0.649. The van der Waals surface area contributed by atoms with Crippen molar-refractivity contribution in [2.24, 2.45) is 0 Å². The summed E-state index contributed by atoms with van der Waals surface area (Å²) < 4.78 is 0. The highest BCUT2D eigenvalue weighted by molar-refractivity contribution is 5.49. The third-order valence-electron chi connectivity index (χ3n) is 1.44. The standard InChI is InChI=1S/C11H10O/c1-2-11(12)9-8-10-6-4-3-5-7-10/h1,3-9,11-12H/b9-8+/t11-/m0/s1. The molecule has 0 saturated carbocycles.